The summed E-state index contributed by atoms with van der Waals surface area (Å²) in [5, 5.41) is 0. The monoisotopic (exact) mass is 252 g/mol. The molecule has 0 spiro atoms. The summed E-state index contributed by atoms with van der Waals surface area (Å²) < 4.78 is 11.3. The maximum Gasteiger partial charge on any atom is 0.195 e. The fraction of sp³-hybridized carbons (Fsp3) is 0.800. The van der Waals surface area contributed by atoms with Crippen molar-refractivity contribution in [2.24, 2.45) is 11.8 Å². The van der Waals surface area contributed by atoms with Crippen LogP contribution < -0.4 is 0 Å². The summed E-state index contributed by atoms with van der Waals surface area (Å²) in [6, 6.07) is 0. The van der Waals surface area contributed by atoms with Crippen LogP contribution in [-0.2, 0) is 14.3 Å². The molecule has 0 aromatic carbocycles. The molecule has 1 unspecified atom stereocenters. The Kier molecular flexibility index (Phi) is 4.57. The van der Waals surface area contributed by atoms with E-state index in [-0.39, 0.29) is 5.78 Å². The van der Waals surface area contributed by atoms with Crippen LogP contribution in [0.25, 0.3) is 0 Å². The molecule has 0 aromatic heterocycles. The molecule has 102 valence electrons. The Morgan fingerprint density at radius 2 is 1.94 bits per heavy atom. The van der Waals surface area contributed by atoms with Crippen molar-refractivity contribution in [1.29, 1.82) is 0 Å². The molecule has 0 N–H and O–H groups in total. The van der Waals surface area contributed by atoms with Crippen LogP contribution in [-0.4, -0.2) is 25.3 Å². The Balaban J connectivity index is 1.78. The van der Waals surface area contributed by atoms with Gasteiger partial charge in [0.15, 0.2) is 11.6 Å². The second-order valence-electron chi connectivity index (χ2n) is 5.60. The van der Waals surface area contributed by atoms with Crippen molar-refractivity contribution in [1.82, 2.24) is 0 Å². The van der Waals surface area contributed by atoms with Crippen molar-refractivity contribution in [2.75, 3.05) is 13.7 Å². The lowest BCUT2D eigenvalue weighted by atomic mass is 9.81. The van der Waals surface area contributed by atoms with Crippen molar-refractivity contribution in [3.63, 3.8) is 0 Å². The van der Waals surface area contributed by atoms with E-state index in [2.05, 4.69) is 6.92 Å². The van der Waals surface area contributed by atoms with Gasteiger partial charge >= 0.3 is 0 Å². The van der Waals surface area contributed by atoms with Crippen LogP contribution in [0.3, 0.4) is 0 Å². The molecular weight excluding hydrogens is 228 g/mol. The lowest BCUT2D eigenvalue weighted by molar-refractivity contribution is -0.195. The zero-order valence-electron chi connectivity index (χ0n) is 11.5. The molecule has 0 aliphatic heterocycles. The average Bonchev–Trinajstić information content (AvgIpc) is 2.79. The van der Waals surface area contributed by atoms with Gasteiger partial charge in [0.05, 0.1) is 13.0 Å². The van der Waals surface area contributed by atoms with Crippen LogP contribution in [0.1, 0.15) is 45.4 Å². The molecule has 1 atom stereocenters. The summed E-state index contributed by atoms with van der Waals surface area (Å²) in [4.78, 5) is 11.3. The van der Waals surface area contributed by atoms with Crippen LogP contribution in [0, 0.1) is 11.8 Å². The summed E-state index contributed by atoms with van der Waals surface area (Å²) in [6.07, 6.45) is 10.1. The third-order valence-electron chi connectivity index (χ3n) is 4.40. The number of carbonyl (C=O) groups is 1. The molecule has 0 aromatic rings. The van der Waals surface area contributed by atoms with Gasteiger partial charge in [0.25, 0.3) is 0 Å². The molecule has 0 saturated heterocycles. The molecule has 0 radical (unpaired) electrons. The minimum Gasteiger partial charge on any atom is -0.349 e. The first-order valence-corrected chi connectivity index (χ1v) is 7.08. The SMILES string of the molecule is CCC1CCC(COC2(OC)C=CC(=O)C2)CC1. The summed E-state index contributed by atoms with van der Waals surface area (Å²) in [5.74, 6) is 0.847. The second-order valence-corrected chi connectivity index (χ2v) is 5.60. The normalized spacial score (nSPS) is 36.2. The van der Waals surface area contributed by atoms with E-state index in [1.165, 1.54) is 32.1 Å². The summed E-state index contributed by atoms with van der Waals surface area (Å²) in [6.45, 7) is 2.98. The third-order valence-corrected chi connectivity index (χ3v) is 4.40. The van der Waals surface area contributed by atoms with E-state index in [0.29, 0.717) is 18.9 Å². The quantitative estimate of drug-likeness (QED) is 0.705. The molecule has 1 fully saturated rings. The highest BCUT2D eigenvalue weighted by molar-refractivity contribution is 5.93. The van der Waals surface area contributed by atoms with Crippen LogP contribution in [0.15, 0.2) is 12.2 Å². The topological polar surface area (TPSA) is 35.5 Å². The van der Waals surface area contributed by atoms with Crippen LogP contribution in [0.2, 0.25) is 0 Å². The average molecular weight is 252 g/mol. The number of rotatable bonds is 5. The van der Waals surface area contributed by atoms with Crippen LogP contribution in [0.5, 0.6) is 0 Å². The highest BCUT2D eigenvalue weighted by atomic mass is 16.7. The number of ketones is 1. The molecule has 0 amide bonds. The van der Waals surface area contributed by atoms with Crippen molar-refractivity contribution in [3.8, 4) is 0 Å². The Labute approximate surface area is 110 Å². The van der Waals surface area contributed by atoms with Crippen molar-refractivity contribution >= 4 is 5.78 Å². The third kappa shape index (κ3) is 3.21. The molecule has 2 aliphatic carbocycles. The summed E-state index contributed by atoms with van der Waals surface area (Å²) in [7, 11) is 1.61. The molecule has 3 heteroatoms. The number of methoxy groups -OCH3 is 1. The van der Waals surface area contributed by atoms with Gasteiger partial charge in [-0.25, -0.2) is 0 Å². The maximum absolute atomic E-state index is 11.3. The Hall–Kier alpha value is -0.670. The second kappa shape index (κ2) is 5.98. The van der Waals surface area contributed by atoms with E-state index in [9.17, 15) is 4.79 Å². The van der Waals surface area contributed by atoms with Gasteiger partial charge in [0.2, 0.25) is 0 Å². The van der Waals surface area contributed by atoms with E-state index < -0.39 is 5.79 Å². The van der Waals surface area contributed by atoms with Gasteiger partial charge in [-0.05, 0) is 36.8 Å². The summed E-state index contributed by atoms with van der Waals surface area (Å²) >= 11 is 0. The van der Waals surface area contributed by atoms with Gasteiger partial charge in [-0.3, -0.25) is 4.79 Å². The number of carbonyl (C=O) groups excluding carboxylic acids is 1. The molecule has 1 saturated carbocycles. The lowest BCUT2D eigenvalue weighted by Crippen LogP contribution is -2.34. The number of ether oxygens (including phenoxy) is 2. The fourth-order valence-corrected chi connectivity index (χ4v) is 2.94. The van der Waals surface area contributed by atoms with Gasteiger partial charge in [0, 0.05) is 7.11 Å². The fourth-order valence-electron chi connectivity index (χ4n) is 2.94. The van der Waals surface area contributed by atoms with Gasteiger partial charge < -0.3 is 9.47 Å². The van der Waals surface area contributed by atoms with E-state index in [1.54, 1.807) is 19.3 Å². The zero-order chi connectivity index (χ0) is 13.0. The first-order valence-electron chi connectivity index (χ1n) is 7.08. The van der Waals surface area contributed by atoms with Crippen molar-refractivity contribution < 1.29 is 14.3 Å². The smallest absolute Gasteiger partial charge is 0.195 e. The molecule has 3 nitrogen and oxygen atoms in total. The zero-order valence-corrected chi connectivity index (χ0v) is 11.5. The van der Waals surface area contributed by atoms with E-state index in [1.807, 2.05) is 0 Å². The van der Waals surface area contributed by atoms with Crippen LogP contribution in [0.4, 0.5) is 0 Å². The Bertz CT molecular complexity index is 316. The molecular formula is C15H24O3. The van der Waals surface area contributed by atoms with Gasteiger partial charge in [-0.2, -0.15) is 0 Å². The highest BCUT2D eigenvalue weighted by Crippen LogP contribution is 2.33. The van der Waals surface area contributed by atoms with E-state index in [4.69, 9.17) is 9.47 Å². The van der Waals surface area contributed by atoms with Gasteiger partial charge in [-0.1, -0.05) is 26.2 Å². The van der Waals surface area contributed by atoms with Crippen molar-refractivity contribution in [3.05, 3.63) is 12.2 Å². The maximum atomic E-state index is 11.3. The predicted octanol–water partition coefficient (Wildman–Crippen LogP) is 3.09. The Morgan fingerprint density at radius 3 is 2.44 bits per heavy atom. The molecule has 2 rings (SSSR count). The van der Waals surface area contributed by atoms with E-state index in [0.717, 1.165) is 5.92 Å². The molecule has 0 bridgehead atoms. The first kappa shape index (κ1) is 13.8. The van der Waals surface area contributed by atoms with E-state index >= 15 is 0 Å². The van der Waals surface area contributed by atoms with Crippen molar-refractivity contribution in [2.45, 2.75) is 51.2 Å². The van der Waals surface area contributed by atoms with Gasteiger partial charge in [0.1, 0.15) is 0 Å². The van der Waals surface area contributed by atoms with Gasteiger partial charge in [-0.15, -0.1) is 0 Å². The molecule has 0 heterocycles. The largest absolute Gasteiger partial charge is 0.349 e. The summed E-state index contributed by atoms with van der Waals surface area (Å²) in [5.41, 5.74) is 0. The minimum atomic E-state index is -0.779. The lowest BCUT2D eigenvalue weighted by Gasteiger charge is -2.31. The number of hydrogen-bond donors (Lipinski definition) is 0. The molecule has 2 aliphatic rings. The predicted molar refractivity (Wildman–Crippen MR) is 70.2 cm³/mol. The number of allylic oxidation sites excluding steroid dienone is 1. The standard InChI is InChI=1S/C15H24O3/c1-3-12-4-6-13(7-5-12)11-18-15(17-2)9-8-14(16)10-15/h8-9,12-13H,3-7,10-11H2,1-2H3. The highest BCUT2D eigenvalue weighted by Gasteiger charge is 2.36. The Morgan fingerprint density at radius 1 is 1.28 bits per heavy atom. The molecule has 18 heavy (non-hydrogen) atoms. The first-order chi connectivity index (χ1) is 8.67. The number of hydrogen-bond acceptors (Lipinski definition) is 3. The minimum absolute atomic E-state index is 0.0894. The van der Waals surface area contributed by atoms with Crippen LogP contribution >= 0.6 is 0 Å².